The van der Waals surface area contributed by atoms with Gasteiger partial charge in [-0.3, -0.25) is 9.69 Å². The number of aromatic nitrogens is 1. The van der Waals surface area contributed by atoms with E-state index in [4.69, 9.17) is 21.6 Å². The lowest BCUT2D eigenvalue weighted by Gasteiger charge is -2.38. The summed E-state index contributed by atoms with van der Waals surface area (Å²) in [6, 6.07) is 10.5. The number of pyridine rings is 1. The Balaban J connectivity index is 1.57. The van der Waals surface area contributed by atoms with Gasteiger partial charge in [0.25, 0.3) is 0 Å². The fourth-order valence-electron chi connectivity index (χ4n) is 3.16. The molecule has 1 aromatic heterocycles. The average molecular weight is 400 g/mol. The minimum Gasteiger partial charge on any atom is -0.495 e. The van der Waals surface area contributed by atoms with Crippen molar-refractivity contribution in [3.8, 4) is 11.8 Å². The standard InChI is InChI=1S/C20H22ClN5O2/c1-14(20(27)24-16-3-4-18(28-2)17(21)12-16)25-7-9-26(10-8-25)19-11-15(13-22)5-6-23-19/h3-6,11-12,14H,7-10H2,1-2H3,(H,24,27). The van der Waals surface area contributed by atoms with Gasteiger partial charge < -0.3 is 15.0 Å². The molecular formula is C20H22ClN5O2. The zero-order valence-corrected chi connectivity index (χ0v) is 16.6. The highest BCUT2D eigenvalue weighted by Crippen LogP contribution is 2.27. The number of carbonyl (C=O) groups excluding carboxylic acids is 1. The Morgan fingerprint density at radius 2 is 2.04 bits per heavy atom. The number of benzene rings is 1. The highest BCUT2D eigenvalue weighted by Gasteiger charge is 2.26. The van der Waals surface area contributed by atoms with E-state index in [0.29, 0.717) is 22.0 Å². The molecule has 1 saturated heterocycles. The van der Waals surface area contributed by atoms with Crippen LogP contribution in [0.4, 0.5) is 11.5 Å². The number of rotatable bonds is 5. The molecule has 0 aliphatic carbocycles. The number of methoxy groups -OCH3 is 1. The smallest absolute Gasteiger partial charge is 0.241 e. The SMILES string of the molecule is COc1ccc(NC(=O)C(C)N2CCN(c3cc(C#N)ccn3)CC2)cc1Cl. The van der Waals surface area contributed by atoms with E-state index in [-0.39, 0.29) is 11.9 Å². The summed E-state index contributed by atoms with van der Waals surface area (Å²) in [4.78, 5) is 21.2. The molecule has 0 bridgehead atoms. The van der Waals surface area contributed by atoms with Crippen LogP contribution in [0.2, 0.25) is 5.02 Å². The highest BCUT2D eigenvalue weighted by molar-refractivity contribution is 6.32. The normalized spacial score (nSPS) is 15.6. The molecule has 1 aliphatic rings. The summed E-state index contributed by atoms with van der Waals surface area (Å²) < 4.78 is 5.13. The molecule has 1 unspecified atom stereocenters. The van der Waals surface area contributed by atoms with Crippen molar-refractivity contribution in [2.45, 2.75) is 13.0 Å². The summed E-state index contributed by atoms with van der Waals surface area (Å²) in [6.07, 6.45) is 1.65. The quantitative estimate of drug-likeness (QED) is 0.832. The molecule has 146 valence electrons. The van der Waals surface area contributed by atoms with Gasteiger partial charge in [0.1, 0.15) is 11.6 Å². The van der Waals surface area contributed by atoms with Gasteiger partial charge in [0.05, 0.1) is 29.8 Å². The Morgan fingerprint density at radius 3 is 2.68 bits per heavy atom. The summed E-state index contributed by atoms with van der Waals surface area (Å²) >= 11 is 6.12. The van der Waals surface area contributed by atoms with Crippen LogP contribution >= 0.6 is 11.6 Å². The number of hydrogen-bond acceptors (Lipinski definition) is 6. The van der Waals surface area contributed by atoms with Crippen molar-refractivity contribution in [2.24, 2.45) is 0 Å². The Hall–Kier alpha value is -2.82. The van der Waals surface area contributed by atoms with E-state index in [1.165, 1.54) is 0 Å². The van der Waals surface area contributed by atoms with Gasteiger partial charge in [-0.2, -0.15) is 5.26 Å². The van der Waals surface area contributed by atoms with Gasteiger partial charge in [-0.25, -0.2) is 4.98 Å². The Kier molecular flexibility index (Phi) is 6.34. The Bertz CT molecular complexity index is 890. The van der Waals surface area contributed by atoms with Crippen LogP contribution in [0.5, 0.6) is 5.75 Å². The zero-order chi connectivity index (χ0) is 20.1. The van der Waals surface area contributed by atoms with Gasteiger partial charge in [0.15, 0.2) is 0 Å². The lowest BCUT2D eigenvalue weighted by Crippen LogP contribution is -2.53. The van der Waals surface area contributed by atoms with Gasteiger partial charge in [-0.05, 0) is 37.3 Å². The maximum atomic E-state index is 12.6. The van der Waals surface area contributed by atoms with Crippen molar-refractivity contribution in [3.05, 3.63) is 47.1 Å². The molecule has 1 N–H and O–H groups in total. The maximum Gasteiger partial charge on any atom is 0.241 e. The summed E-state index contributed by atoms with van der Waals surface area (Å²) in [5, 5.41) is 12.4. The Morgan fingerprint density at radius 1 is 1.29 bits per heavy atom. The molecule has 1 amide bonds. The second-order valence-corrected chi connectivity index (χ2v) is 6.96. The first-order chi connectivity index (χ1) is 13.5. The van der Waals surface area contributed by atoms with E-state index in [0.717, 1.165) is 32.0 Å². The topological polar surface area (TPSA) is 81.5 Å². The van der Waals surface area contributed by atoms with E-state index < -0.39 is 0 Å². The number of nitrogens with one attached hydrogen (secondary N) is 1. The predicted molar refractivity (Wildman–Crippen MR) is 109 cm³/mol. The molecule has 28 heavy (non-hydrogen) atoms. The summed E-state index contributed by atoms with van der Waals surface area (Å²) in [5.41, 5.74) is 1.23. The van der Waals surface area contributed by atoms with E-state index in [1.54, 1.807) is 43.6 Å². The summed E-state index contributed by atoms with van der Waals surface area (Å²) in [7, 11) is 1.55. The van der Waals surface area contributed by atoms with Crippen molar-refractivity contribution in [1.29, 1.82) is 5.26 Å². The van der Waals surface area contributed by atoms with Crippen LogP contribution in [0.1, 0.15) is 12.5 Å². The third-order valence-corrected chi connectivity index (χ3v) is 5.15. The minimum absolute atomic E-state index is 0.0840. The molecule has 3 rings (SSSR count). The first-order valence-corrected chi connectivity index (χ1v) is 9.39. The number of carbonyl (C=O) groups is 1. The number of hydrogen-bond donors (Lipinski definition) is 1. The number of anilines is 2. The number of ether oxygens (including phenoxy) is 1. The van der Waals surface area contributed by atoms with Crippen molar-refractivity contribution >= 4 is 29.0 Å². The second kappa shape index (κ2) is 8.91. The minimum atomic E-state index is -0.276. The van der Waals surface area contributed by atoms with E-state index in [9.17, 15) is 4.79 Å². The van der Waals surface area contributed by atoms with Crippen molar-refractivity contribution in [1.82, 2.24) is 9.88 Å². The zero-order valence-electron chi connectivity index (χ0n) is 15.9. The highest BCUT2D eigenvalue weighted by atomic mass is 35.5. The van der Waals surface area contributed by atoms with E-state index in [1.807, 2.05) is 6.92 Å². The molecule has 2 heterocycles. The number of nitriles is 1. The molecule has 8 heteroatoms. The van der Waals surface area contributed by atoms with Crippen LogP contribution in [0, 0.1) is 11.3 Å². The summed E-state index contributed by atoms with van der Waals surface area (Å²) in [5.74, 6) is 1.28. The fraction of sp³-hybridized carbons (Fsp3) is 0.350. The van der Waals surface area contributed by atoms with E-state index >= 15 is 0 Å². The molecule has 0 spiro atoms. The first-order valence-electron chi connectivity index (χ1n) is 9.01. The van der Waals surface area contributed by atoms with Gasteiger partial charge in [0.2, 0.25) is 5.91 Å². The van der Waals surface area contributed by atoms with Crippen molar-refractivity contribution in [3.63, 3.8) is 0 Å². The Labute approximate surface area is 169 Å². The van der Waals surface area contributed by atoms with Crippen LogP contribution in [0.25, 0.3) is 0 Å². The number of nitrogens with zero attached hydrogens (tertiary/aromatic N) is 4. The molecule has 2 aromatic rings. The van der Waals surface area contributed by atoms with Crippen LogP contribution in [0.15, 0.2) is 36.5 Å². The average Bonchev–Trinajstić information content (AvgIpc) is 2.73. The van der Waals surface area contributed by atoms with Crippen LogP contribution in [-0.2, 0) is 4.79 Å². The molecule has 0 saturated carbocycles. The van der Waals surface area contributed by atoms with Crippen LogP contribution < -0.4 is 15.0 Å². The van der Waals surface area contributed by atoms with Gasteiger partial charge in [-0.15, -0.1) is 0 Å². The number of halogens is 1. The predicted octanol–water partition coefficient (Wildman–Crippen LogP) is 2.76. The van der Waals surface area contributed by atoms with Gasteiger partial charge in [-0.1, -0.05) is 11.6 Å². The van der Waals surface area contributed by atoms with Crippen LogP contribution in [0.3, 0.4) is 0 Å². The monoisotopic (exact) mass is 399 g/mol. The number of amides is 1. The van der Waals surface area contributed by atoms with Crippen LogP contribution in [-0.4, -0.2) is 55.1 Å². The van der Waals surface area contributed by atoms with Gasteiger partial charge in [0, 0.05) is 38.1 Å². The lowest BCUT2D eigenvalue weighted by atomic mass is 10.2. The van der Waals surface area contributed by atoms with Crippen molar-refractivity contribution in [2.75, 3.05) is 43.5 Å². The first kappa shape index (κ1) is 19.9. The largest absolute Gasteiger partial charge is 0.495 e. The lowest BCUT2D eigenvalue weighted by molar-refractivity contribution is -0.120. The third kappa shape index (κ3) is 4.53. The second-order valence-electron chi connectivity index (χ2n) is 6.55. The molecule has 1 fully saturated rings. The van der Waals surface area contributed by atoms with Gasteiger partial charge >= 0.3 is 0 Å². The van der Waals surface area contributed by atoms with Crippen molar-refractivity contribution < 1.29 is 9.53 Å². The molecule has 1 aliphatic heterocycles. The fourth-order valence-corrected chi connectivity index (χ4v) is 3.41. The molecule has 7 nitrogen and oxygen atoms in total. The molecule has 1 aromatic carbocycles. The maximum absolute atomic E-state index is 12.6. The molecular weight excluding hydrogens is 378 g/mol. The summed E-state index contributed by atoms with van der Waals surface area (Å²) in [6.45, 7) is 4.85. The number of piperazine rings is 1. The van der Waals surface area contributed by atoms with E-state index in [2.05, 4.69) is 26.2 Å². The third-order valence-electron chi connectivity index (χ3n) is 4.86. The molecule has 0 radical (unpaired) electrons. The molecule has 1 atom stereocenters.